The molecule has 0 aliphatic rings. The molecule has 8 heteroatoms. The third-order valence-corrected chi connectivity index (χ3v) is 4.07. The highest BCUT2D eigenvalue weighted by Gasteiger charge is 2.22. The zero-order chi connectivity index (χ0) is 22.1. The first kappa shape index (κ1) is 22.9. The van der Waals surface area contributed by atoms with Crippen molar-refractivity contribution in [2.75, 3.05) is 20.3 Å². The van der Waals surface area contributed by atoms with Gasteiger partial charge >= 0.3 is 0 Å². The molecule has 0 spiro atoms. The first-order chi connectivity index (χ1) is 14.4. The molecule has 0 heterocycles. The average molecular weight is 418 g/mol. The van der Waals surface area contributed by atoms with Gasteiger partial charge in [0.25, 0.3) is 0 Å². The van der Waals surface area contributed by atoms with Gasteiger partial charge in [0.05, 0.1) is 13.2 Å². The van der Waals surface area contributed by atoms with Gasteiger partial charge in [-0.1, -0.05) is 12.1 Å². The summed E-state index contributed by atoms with van der Waals surface area (Å²) >= 11 is 0. The quantitative estimate of drug-likeness (QED) is 0.612. The van der Waals surface area contributed by atoms with Crippen LogP contribution in [0.5, 0.6) is 11.5 Å². The Bertz CT molecular complexity index is 931. The Morgan fingerprint density at radius 2 is 1.70 bits per heavy atom. The molecule has 2 rings (SSSR count). The lowest BCUT2D eigenvalue weighted by molar-refractivity contribution is -0.126. The molecule has 0 aromatic heterocycles. The van der Waals surface area contributed by atoms with Crippen LogP contribution in [0.4, 0.5) is 8.78 Å². The lowest BCUT2D eigenvalue weighted by Crippen LogP contribution is -2.38. The summed E-state index contributed by atoms with van der Waals surface area (Å²) in [5.41, 5.74) is 0.802. The summed E-state index contributed by atoms with van der Waals surface area (Å²) in [5, 5.41) is 4.88. The average Bonchev–Trinajstić information content (AvgIpc) is 2.74. The van der Waals surface area contributed by atoms with Crippen LogP contribution in [0.2, 0.25) is 0 Å². The van der Waals surface area contributed by atoms with Crippen LogP contribution < -0.4 is 20.1 Å². The molecule has 0 aliphatic carbocycles. The summed E-state index contributed by atoms with van der Waals surface area (Å²) < 4.78 is 37.8. The van der Waals surface area contributed by atoms with E-state index in [0.717, 1.165) is 12.1 Å². The van der Waals surface area contributed by atoms with Gasteiger partial charge in [-0.25, -0.2) is 8.78 Å². The molecular formula is C22H24F2N2O4. The molecule has 6 nitrogen and oxygen atoms in total. The number of hydrogen-bond donors (Lipinski definition) is 2. The van der Waals surface area contributed by atoms with Crippen molar-refractivity contribution in [2.45, 2.75) is 19.9 Å². The zero-order valence-electron chi connectivity index (χ0n) is 17.0. The fraction of sp³-hybridized carbons (Fsp3) is 0.273. The van der Waals surface area contributed by atoms with E-state index in [-0.39, 0.29) is 5.56 Å². The minimum Gasteiger partial charge on any atom is -0.490 e. The van der Waals surface area contributed by atoms with Crippen LogP contribution in [0, 0.1) is 11.6 Å². The zero-order valence-corrected chi connectivity index (χ0v) is 17.0. The molecule has 0 radical (unpaired) electrons. The van der Waals surface area contributed by atoms with E-state index in [1.54, 1.807) is 24.3 Å². The van der Waals surface area contributed by atoms with Gasteiger partial charge in [-0.15, -0.1) is 0 Å². The summed E-state index contributed by atoms with van der Waals surface area (Å²) in [6, 6.07) is 7.05. The Balaban J connectivity index is 2.18. The summed E-state index contributed by atoms with van der Waals surface area (Å²) in [6.45, 7) is 4.66. The van der Waals surface area contributed by atoms with Crippen molar-refractivity contribution in [1.82, 2.24) is 10.6 Å². The Hall–Kier alpha value is -3.42. The molecule has 2 aromatic rings. The number of likely N-dealkylation sites (N-methyl/N-ethyl adjacent to an activating group) is 1. The highest BCUT2D eigenvalue weighted by molar-refractivity contribution is 5.96. The maximum Gasteiger partial charge on any atom is 0.246 e. The van der Waals surface area contributed by atoms with Gasteiger partial charge in [-0.05, 0) is 55.3 Å². The Kier molecular flexibility index (Phi) is 8.34. The number of amides is 2. The topological polar surface area (TPSA) is 76.7 Å². The summed E-state index contributed by atoms with van der Waals surface area (Å²) in [4.78, 5) is 24.5. The minimum absolute atomic E-state index is 0.120. The number of carbonyl (C=O) groups excluding carboxylic acids is 2. The molecule has 2 N–H and O–H groups in total. The van der Waals surface area contributed by atoms with E-state index >= 15 is 0 Å². The van der Waals surface area contributed by atoms with Gasteiger partial charge < -0.3 is 20.1 Å². The van der Waals surface area contributed by atoms with Crippen molar-refractivity contribution >= 4 is 17.9 Å². The molecule has 30 heavy (non-hydrogen) atoms. The largest absolute Gasteiger partial charge is 0.490 e. The molecule has 0 aliphatic heterocycles. The first-order valence-corrected chi connectivity index (χ1v) is 9.44. The Morgan fingerprint density at radius 3 is 2.33 bits per heavy atom. The Labute approximate surface area is 173 Å². The SMILES string of the molecule is CCOc1ccc(/C=C/C(=O)NC(C(=O)NC)c2ccc(F)c(F)c2)cc1OCC. The summed E-state index contributed by atoms with van der Waals surface area (Å²) in [5.74, 6) is -2.15. The standard InChI is InChI=1S/C22H24F2N2O4/c1-4-29-18-10-6-14(12-19(18)30-5-2)7-11-20(27)26-21(22(28)25-3)15-8-9-16(23)17(24)13-15/h6-13,21H,4-5H2,1-3H3,(H,25,28)(H,26,27)/b11-7+. The first-order valence-electron chi connectivity index (χ1n) is 9.44. The van der Waals surface area contributed by atoms with Crippen LogP contribution in [-0.4, -0.2) is 32.1 Å². The maximum atomic E-state index is 13.5. The van der Waals surface area contributed by atoms with Crippen molar-refractivity contribution < 1.29 is 27.8 Å². The maximum absolute atomic E-state index is 13.5. The second-order valence-corrected chi connectivity index (χ2v) is 6.13. The highest BCUT2D eigenvalue weighted by atomic mass is 19.2. The normalized spacial score (nSPS) is 11.8. The van der Waals surface area contributed by atoms with Crippen molar-refractivity contribution in [3.8, 4) is 11.5 Å². The third kappa shape index (κ3) is 6.04. The van der Waals surface area contributed by atoms with Gasteiger partial charge in [0.15, 0.2) is 23.1 Å². The summed E-state index contributed by atoms with van der Waals surface area (Å²) in [7, 11) is 1.38. The lowest BCUT2D eigenvalue weighted by Gasteiger charge is -2.17. The van der Waals surface area contributed by atoms with Crippen molar-refractivity contribution in [3.05, 3.63) is 65.2 Å². The van der Waals surface area contributed by atoms with Crippen molar-refractivity contribution in [3.63, 3.8) is 0 Å². The number of ether oxygens (including phenoxy) is 2. The molecule has 0 bridgehead atoms. The predicted octanol–water partition coefficient (Wildman–Crippen LogP) is 3.38. The molecule has 1 unspecified atom stereocenters. The second kappa shape index (κ2) is 10.9. The molecular weight excluding hydrogens is 394 g/mol. The van der Waals surface area contributed by atoms with E-state index in [4.69, 9.17) is 9.47 Å². The number of benzene rings is 2. The Morgan fingerprint density at radius 1 is 1.00 bits per heavy atom. The fourth-order valence-electron chi connectivity index (χ4n) is 2.67. The molecule has 0 fully saturated rings. The number of halogens is 2. The smallest absolute Gasteiger partial charge is 0.246 e. The molecule has 160 valence electrons. The van der Waals surface area contributed by atoms with E-state index in [0.29, 0.717) is 30.3 Å². The van der Waals surface area contributed by atoms with Gasteiger partial charge in [-0.2, -0.15) is 0 Å². The van der Waals surface area contributed by atoms with Gasteiger partial charge in [0.1, 0.15) is 6.04 Å². The van der Waals surface area contributed by atoms with Crippen molar-refractivity contribution in [2.24, 2.45) is 0 Å². The third-order valence-electron chi connectivity index (χ3n) is 4.07. The van der Waals surface area contributed by atoms with Crippen LogP contribution in [0.15, 0.2) is 42.5 Å². The number of carbonyl (C=O) groups is 2. The highest BCUT2D eigenvalue weighted by Crippen LogP contribution is 2.29. The molecule has 2 amide bonds. The van der Waals surface area contributed by atoms with Gasteiger partial charge in [-0.3, -0.25) is 9.59 Å². The van der Waals surface area contributed by atoms with E-state index in [2.05, 4.69) is 10.6 Å². The number of rotatable bonds is 9. The van der Waals surface area contributed by atoms with Crippen LogP contribution >= 0.6 is 0 Å². The van der Waals surface area contributed by atoms with Crippen LogP contribution in [-0.2, 0) is 9.59 Å². The minimum atomic E-state index is -1.18. The van der Waals surface area contributed by atoms with E-state index in [9.17, 15) is 18.4 Å². The predicted molar refractivity (Wildman–Crippen MR) is 109 cm³/mol. The lowest BCUT2D eigenvalue weighted by atomic mass is 10.1. The van der Waals surface area contributed by atoms with E-state index in [1.807, 2.05) is 13.8 Å². The molecule has 0 saturated heterocycles. The van der Waals surface area contributed by atoms with Crippen LogP contribution in [0.3, 0.4) is 0 Å². The van der Waals surface area contributed by atoms with Crippen LogP contribution in [0.25, 0.3) is 6.08 Å². The van der Waals surface area contributed by atoms with Crippen molar-refractivity contribution in [1.29, 1.82) is 0 Å². The molecule has 1 atom stereocenters. The van der Waals surface area contributed by atoms with E-state index < -0.39 is 29.5 Å². The van der Waals surface area contributed by atoms with E-state index in [1.165, 1.54) is 19.2 Å². The van der Waals surface area contributed by atoms with Gasteiger partial charge in [0.2, 0.25) is 11.8 Å². The monoisotopic (exact) mass is 418 g/mol. The molecule has 2 aromatic carbocycles. The number of nitrogens with one attached hydrogen (secondary N) is 2. The van der Waals surface area contributed by atoms with Crippen LogP contribution in [0.1, 0.15) is 31.0 Å². The summed E-state index contributed by atoms with van der Waals surface area (Å²) in [6.07, 6.45) is 2.78. The second-order valence-electron chi connectivity index (χ2n) is 6.13. The molecule has 0 saturated carbocycles. The van der Waals surface area contributed by atoms with Gasteiger partial charge in [0, 0.05) is 13.1 Å². The fourth-order valence-corrected chi connectivity index (χ4v) is 2.67. The number of hydrogen-bond acceptors (Lipinski definition) is 4.